The van der Waals surface area contributed by atoms with Crippen LogP contribution in [-0.4, -0.2) is 29.1 Å². The molecule has 0 bridgehead atoms. The summed E-state index contributed by atoms with van der Waals surface area (Å²) in [6.45, 7) is 0. The molecule has 5 nitrogen and oxygen atoms in total. The Morgan fingerprint density at radius 3 is 2.22 bits per heavy atom. The van der Waals surface area contributed by atoms with Gasteiger partial charge in [-0.2, -0.15) is 0 Å². The van der Waals surface area contributed by atoms with Gasteiger partial charge in [0.1, 0.15) is 0 Å². The van der Waals surface area contributed by atoms with Gasteiger partial charge in [0.05, 0.1) is 29.3 Å². The van der Waals surface area contributed by atoms with Crippen molar-refractivity contribution in [1.29, 1.82) is 0 Å². The molecule has 5 heteroatoms. The van der Waals surface area contributed by atoms with Gasteiger partial charge >= 0.3 is 11.9 Å². The molecule has 0 atom stereocenters. The van der Waals surface area contributed by atoms with Crippen LogP contribution in [-0.2, 0) is 4.74 Å². The highest BCUT2D eigenvalue weighted by atomic mass is 16.5. The van der Waals surface area contributed by atoms with Crippen LogP contribution in [0.5, 0.6) is 0 Å². The van der Waals surface area contributed by atoms with Gasteiger partial charge < -0.3 is 9.84 Å². The highest BCUT2D eigenvalue weighted by Gasteiger charge is 2.16. The van der Waals surface area contributed by atoms with Gasteiger partial charge in [0.15, 0.2) is 0 Å². The molecule has 3 aromatic carbocycles. The van der Waals surface area contributed by atoms with E-state index in [0.717, 1.165) is 11.1 Å². The van der Waals surface area contributed by atoms with Crippen molar-refractivity contribution in [1.82, 2.24) is 4.98 Å². The Labute approximate surface area is 154 Å². The van der Waals surface area contributed by atoms with Crippen molar-refractivity contribution in [2.75, 3.05) is 7.11 Å². The lowest BCUT2D eigenvalue weighted by molar-refractivity contribution is 0.0600. The van der Waals surface area contributed by atoms with Gasteiger partial charge in [-0.25, -0.2) is 14.6 Å². The average molecular weight is 357 g/mol. The summed E-state index contributed by atoms with van der Waals surface area (Å²) in [5.74, 6) is -1.39. The fourth-order valence-corrected chi connectivity index (χ4v) is 3.22. The molecule has 4 rings (SSSR count). The molecule has 1 N–H and O–H groups in total. The van der Waals surface area contributed by atoms with Crippen molar-refractivity contribution in [3.63, 3.8) is 0 Å². The Morgan fingerprint density at radius 1 is 0.852 bits per heavy atom. The van der Waals surface area contributed by atoms with Crippen molar-refractivity contribution >= 4 is 33.7 Å². The van der Waals surface area contributed by atoms with Gasteiger partial charge in [-0.1, -0.05) is 36.4 Å². The number of esters is 1. The van der Waals surface area contributed by atoms with Crippen LogP contribution in [0.15, 0.2) is 66.7 Å². The van der Waals surface area contributed by atoms with Crippen molar-refractivity contribution in [3.8, 4) is 11.1 Å². The standard InChI is InChI=1S/C22H15NO4/c1-27-22(26)14-8-6-13(7-9-14)15-10-11-19-17(12-15)20(21(24)25)16-4-2-3-5-18(16)23-19/h2-12H,1H3,(H,24,25). The van der Waals surface area contributed by atoms with Crippen LogP contribution in [0.1, 0.15) is 20.7 Å². The second-order valence-corrected chi connectivity index (χ2v) is 6.11. The number of aromatic nitrogens is 1. The maximum Gasteiger partial charge on any atom is 0.337 e. The summed E-state index contributed by atoms with van der Waals surface area (Å²) in [7, 11) is 1.34. The number of carboxylic acid groups (broad SMARTS) is 1. The normalized spacial score (nSPS) is 10.9. The van der Waals surface area contributed by atoms with E-state index in [1.807, 2.05) is 36.4 Å². The van der Waals surface area contributed by atoms with Crippen LogP contribution in [0.2, 0.25) is 0 Å². The Hall–Kier alpha value is -3.73. The monoisotopic (exact) mass is 357 g/mol. The number of benzene rings is 3. The quantitative estimate of drug-likeness (QED) is 0.430. The van der Waals surface area contributed by atoms with Crippen molar-refractivity contribution < 1.29 is 19.4 Å². The Morgan fingerprint density at radius 2 is 1.52 bits per heavy atom. The van der Waals surface area contributed by atoms with E-state index in [1.165, 1.54) is 7.11 Å². The lowest BCUT2D eigenvalue weighted by Gasteiger charge is -2.10. The molecule has 0 aliphatic heterocycles. The molecule has 4 aromatic rings. The minimum absolute atomic E-state index is 0.239. The third-order valence-corrected chi connectivity index (χ3v) is 4.53. The van der Waals surface area contributed by atoms with Crippen LogP contribution >= 0.6 is 0 Å². The second-order valence-electron chi connectivity index (χ2n) is 6.11. The molecule has 0 radical (unpaired) electrons. The molecule has 0 spiro atoms. The lowest BCUT2D eigenvalue weighted by Crippen LogP contribution is -2.01. The molecule has 0 amide bonds. The van der Waals surface area contributed by atoms with E-state index in [-0.39, 0.29) is 5.56 Å². The molecule has 132 valence electrons. The summed E-state index contributed by atoms with van der Waals surface area (Å²) in [6.07, 6.45) is 0. The number of carbonyl (C=O) groups is 2. The highest BCUT2D eigenvalue weighted by molar-refractivity contribution is 6.14. The first-order chi connectivity index (χ1) is 13.1. The number of methoxy groups -OCH3 is 1. The molecule has 0 aliphatic rings. The maximum atomic E-state index is 12.0. The molecule has 0 unspecified atom stereocenters. The lowest BCUT2D eigenvalue weighted by atomic mass is 9.97. The third-order valence-electron chi connectivity index (χ3n) is 4.53. The number of carboxylic acids is 1. The predicted molar refractivity (Wildman–Crippen MR) is 103 cm³/mol. The zero-order valence-electron chi connectivity index (χ0n) is 14.5. The number of hydrogen-bond acceptors (Lipinski definition) is 4. The number of pyridine rings is 1. The van der Waals surface area contributed by atoms with Gasteiger partial charge in [-0.05, 0) is 41.5 Å². The molecule has 0 fully saturated rings. The SMILES string of the molecule is COC(=O)c1ccc(-c2ccc3nc4ccccc4c(C(=O)O)c3c2)cc1. The van der Waals surface area contributed by atoms with Crippen molar-refractivity contribution in [3.05, 3.63) is 77.9 Å². The topological polar surface area (TPSA) is 76.5 Å². The zero-order chi connectivity index (χ0) is 19.0. The first kappa shape index (κ1) is 16.7. The molecule has 0 saturated heterocycles. The van der Waals surface area contributed by atoms with E-state index in [9.17, 15) is 14.7 Å². The van der Waals surface area contributed by atoms with Gasteiger partial charge in [0.2, 0.25) is 0 Å². The fourth-order valence-electron chi connectivity index (χ4n) is 3.22. The average Bonchev–Trinajstić information content (AvgIpc) is 2.70. The number of hydrogen-bond donors (Lipinski definition) is 1. The van der Waals surface area contributed by atoms with Crippen molar-refractivity contribution in [2.45, 2.75) is 0 Å². The van der Waals surface area contributed by atoms with Gasteiger partial charge in [0, 0.05) is 10.8 Å². The number of ether oxygens (including phenoxy) is 1. The minimum Gasteiger partial charge on any atom is -0.478 e. The molecule has 27 heavy (non-hydrogen) atoms. The smallest absolute Gasteiger partial charge is 0.337 e. The zero-order valence-corrected chi connectivity index (χ0v) is 14.5. The highest BCUT2D eigenvalue weighted by Crippen LogP contribution is 2.30. The van der Waals surface area contributed by atoms with E-state index >= 15 is 0 Å². The Bertz CT molecular complexity index is 1200. The van der Waals surface area contributed by atoms with Gasteiger partial charge in [0.25, 0.3) is 0 Å². The van der Waals surface area contributed by atoms with E-state index in [2.05, 4.69) is 4.98 Å². The van der Waals surface area contributed by atoms with Crippen LogP contribution in [0.3, 0.4) is 0 Å². The summed E-state index contributed by atoms with van der Waals surface area (Å²) in [5, 5.41) is 11.0. The summed E-state index contributed by atoms with van der Waals surface area (Å²) in [5.41, 5.74) is 3.69. The predicted octanol–water partition coefficient (Wildman–Crippen LogP) is 4.54. The Kier molecular flexibility index (Phi) is 4.05. The van der Waals surface area contributed by atoms with E-state index < -0.39 is 11.9 Å². The van der Waals surface area contributed by atoms with Crippen molar-refractivity contribution in [2.24, 2.45) is 0 Å². The number of para-hydroxylation sites is 1. The van der Waals surface area contributed by atoms with Crippen LogP contribution in [0, 0.1) is 0 Å². The molecule has 0 aliphatic carbocycles. The van der Waals surface area contributed by atoms with Crippen LogP contribution < -0.4 is 0 Å². The van der Waals surface area contributed by atoms with Gasteiger partial charge in [-0.3, -0.25) is 0 Å². The molecular weight excluding hydrogens is 342 g/mol. The first-order valence-corrected chi connectivity index (χ1v) is 8.33. The number of rotatable bonds is 3. The third kappa shape index (κ3) is 2.89. The second kappa shape index (κ2) is 6.53. The number of fused-ring (bicyclic) bond motifs is 2. The van der Waals surface area contributed by atoms with E-state index in [0.29, 0.717) is 27.4 Å². The molecular formula is C22H15NO4. The summed E-state index contributed by atoms with van der Waals surface area (Å²) in [6, 6.07) is 19.7. The number of carbonyl (C=O) groups excluding carboxylic acids is 1. The van der Waals surface area contributed by atoms with Crippen LogP contribution in [0.25, 0.3) is 32.9 Å². The first-order valence-electron chi connectivity index (χ1n) is 8.33. The minimum atomic E-state index is -0.989. The molecule has 1 aromatic heterocycles. The summed E-state index contributed by atoms with van der Waals surface area (Å²) in [4.78, 5) is 28.1. The summed E-state index contributed by atoms with van der Waals surface area (Å²) >= 11 is 0. The number of nitrogens with zero attached hydrogens (tertiary/aromatic N) is 1. The maximum absolute atomic E-state index is 12.0. The van der Waals surface area contributed by atoms with E-state index in [4.69, 9.17) is 4.74 Å². The molecule has 0 saturated carbocycles. The van der Waals surface area contributed by atoms with Crippen LogP contribution in [0.4, 0.5) is 0 Å². The Balaban J connectivity index is 1.91. The van der Waals surface area contributed by atoms with Gasteiger partial charge in [-0.15, -0.1) is 0 Å². The fraction of sp³-hybridized carbons (Fsp3) is 0.0455. The largest absolute Gasteiger partial charge is 0.478 e. The van der Waals surface area contributed by atoms with E-state index in [1.54, 1.807) is 30.3 Å². The summed E-state index contributed by atoms with van der Waals surface area (Å²) < 4.78 is 4.71. The number of aromatic carboxylic acids is 1. The molecule has 1 heterocycles.